The quantitative estimate of drug-likeness (QED) is 0.449. The molecule has 0 amide bonds. The van der Waals surface area contributed by atoms with E-state index in [0.717, 1.165) is 26.3 Å². The maximum Gasteiger partial charge on any atom is 0.192 e. The van der Waals surface area contributed by atoms with E-state index in [1.165, 1.54) is 29.5 Å². The van der Waals surface area contributed by atoms with Crippen LogP contribution in [0.1, 0.15) is 39.0 Å². The van der Waals surface area contributed by atoms with Crippen molar-refractivity contribution in [3.8, 4) is 10.7 Å². The van der Waals surface area contributed by atoms with E-state index in [-0.39, 0.29) is 5.78 Å². The summed E-state index contributed by atoms with van der Waals surface area (Å²) in [5, 5.41) is 11.7. The lowest BCUT2D eigenvalue weighted by molar-refractivity contribution is 0.102. The maximum absolute atomic E-state index is 12.5. The Kier molecular flexibility index (Phi) is 4.32. The van der Waals surface area contributed by atoms with E-state index in [1.54, 1.807) is 22.7 Å². The number of aromatic nitrogens is 3. The lowest BCUT2D eigenvalue weighted by Crippen LogP contribution is -2.05. The SMILES string of the molecule is Cc1cc(C(=O)CSc2nnc(-c3cccs3)n2C2CC2)c(C)s1. The molecule has 3 heterocycles. The largest absolute Gasteiger partial charge is 0.298 e. The molecule has 0 aromatic carbocycles. The van der Waals surface area contributed by atoms with Gasteiger partial charge in [-0.15, -0.1) is 32.9 Å². The number of aryl methyl sites for hydroxylation is 2. The predicted octanol–water partition coefficient (Wildman–Crippen LogP) is 4.99. The molecule has 0 atom stereocenters. The summed E-state index contributed by atoms with van der Waals surface area (Å²) in [6.07, 6.45) is 2.33. The summed E-state index contributed by atoms with van der Waals surface area (Å²) in [5.41, 5.74) is 0.848. The second-order valence-corrected chi connectivity index (χ2v) is 9.27. The van der Waals surface area contributed by atoms with E-state index in [2.05, 4.69) is 26.2 Å². The van der Waals surface area contributed by atoms with E-state index >= 15 is 0 Å². The molecule has 7 heteroatoms. The minimum absolute atomic E-state index is 0.171. The number of Topliss-reactive ketones (excluding diaryl/α,β-unsaturated/α-hetero) is 1. The zero-order chi connectivity index (χ0) is 16.7. The summed E-state index contributed by atoms with van der Waals surface area (Å²) >= 11 is 4.86. The van der Waals surface area contributed by atoms with Crippen LogP contribution in [0.5, 0.6) is 0 Å². The Morgan fingerprint density at radius 2 is 2.21 bits per heavy atom. The molecule has 24 heavy (non-hydrogen) atoms. The second-order valence-electron chi connectivity index (χ2n) is 5.92. The molecule has 4 nitrogen and oxygen atoms in total. The first-order chi connectivity index (χ1) is 11.6. The number of hydrogen-bond donors (Lipinski definition) is 0. The van der Waals surface area contributed by atoms with Crippen LogP contribution in [0.25, 0.3) is 10.7 Å². The van der Waals surface area contributed by atoms with E-state index < -0.39 is 0 Å². The summed E-state index contributed by atoms with van der Waals surface area (Å²) in [6, 6.07) is 6.58. The third-order valence-corrected chi connectivity index (χ3v) is 6.77. The highest BCUT2D eigenvalue weighted by Crippen LogP contribution is 2.41. The van der Waals surface area contributed by atoms with Gasteiger partial charge in [0.2, 0.25) is 0 Å². The van der Waals surface area contributed by atoms with Gasteiger partial charge in [0, 0.05) is 21.4 Å². The molecule has 3 aromatic rings. The monoisotopic (exact) mass is 375 g/mol. The zero-order valence-corrected chi connectivity index (χ0v) is 15.9. The number of rotatable bonds is 6. The van der Waals surface area contributed by atoms with Crippen LogP contribution in [0.15, 0.2) is 28.7 Å². The van der Waals surface area contributed by atoms with Crippen LogP contribution in [-0.2, 0) is 0 Å². The molecule has 0 radical (unpaired) electrons. The average Bonchev–Trinajstić information content (AvgIpc) is 2.98. The van der Waals surface area contributed by atoms with Crippen molar-refractivity contribution >= 4 is 40.2 Å². The molecule has 0 unspecified atom stereocenters. The van der Waals surface area contributed by atoms with Gasteiger partial charge in [0.1, 0.15) is 0 Å². The molecule has 0 N–H and O–H groups in total. The Morgan fingerprint density at radius 3 is 2.83 bits per heavy atom. The highest BCUT2D eigenvalue weighted by atomic mass is 32.2. The predicted molar refractivity (Wildman–Crippen MR) is 100 cm³/mol. The molecule has 1 saturated carbocycles. The summed E-state index contributed by atoms with van der Waals surface area (Å²) in [5.74, 6) is 1.52. The highest BCUT2D eigenvalue weighted by Gasteiger charge is 2.30. The van der Waals surface area contributed by atoms with Crippen LogP contribution < -0.4 is 0 Å². The highest BCUT2D eigenvalue weighted by molar-refractivity contribution is 7.99. The number of hydrogen-bond acceptors (Lipinski definition) is 6. The van der Waals surface area contributed by atoms with E-state index in [0.29, 0.717) is 11.8 Å². The first-order valence-electron chi connectivity index (χ1n) is 7.85. The van der Waals surface area contributed by atoms with Gasteiger partial charge >= 0.3 is 0 Å². The van der Waals surface area contributed by atoms with Gasteiger partial charge < -0.3 is 0 Å². The molecular formula is C17H17N3OS3. The van der Waals surface area contributed by atoms with Gasteiger partial charge in [0.15, 0.2) is 16.8 Å². The van der Waals surface area contributed by atoms with Crippen molar-refractivity contribution in [1.29, 1.82) is 0 Å². The first kappa shape index (κ1) is 16.1. The van der Waals surface area contributed by atoms with E-state index in [1.807, 2.05) is 26.0 Å². The van der Waals surface area contributed by atoms with Crippen LogP contribution in [-0.4, -0.2) is 26.3 Å². The van der Waals surface area contributed by atoms with Gasteiger partial charge in [-0.05, 0) is 44.2 Å². The first-order valence-corrected chi connectivity index (χ1v) is 10.5. The molecule has 0 aliphatic heterocycles. The number of thiophene rings is 2. The normalized spacial score (nSPS) is 14.2. The van der Waals surface area contributed by atoms with Gasteiger partial charge in [-0.2, -0.15) is 0 Å². The third-order valence-electron chi connectivity index (χ3n) is 3.99. The molecule has 124 valence electrons. The lowest BCUT2D eigenvalue weighted by Gasteiger charge is -2.07. The van der Waals surface area contributed by atoms with Crippen molar-refractivity contribution in [2.24, 2.45) is 0 Å². The Labute approximate surface area is 152 Å². The fourth-order valence-corrected chi connectivity index (χ4v) is 5.26. The Morgan fingerprint density at radius 1 is 1.38 bits per heavy atom. The molecule has 4 rings (SSSR count). The number of carbonyl (C=O) groups excluding carboxylic acids is 1. The molecule has 1 aliphatic carbocycles. The molecule has 0 spiro atoms. The molecular weight excluding hydrogens is 358 g/mol. The summed E-state index contributed by atoms with van der Waals surface area (Å²) in [7, 11) is 0. The average molecular weight is 376 g/mol. The second kappa shape index (κ2) is 6.46. The van der Waals surface area contributed by atoms with Crippen molar-refractivity contribution in [2.45, 2.75) is 37.9 Å². The maximum atomic E-state index is 12.5. The number of thioether (sulfide) groups is 1. The Bertz CT molecular complexity index is 875. The zero-order valence-electron chi connectivity index (χ0n) is 13.5. The van der Waals surface area contributed by atoms with Gasteiger partial charge in [-0.3, -0.25) is 9.36 Å². The van der Waals surface area contributed by atoms with Crippen molar-refractivity contribution in [3.63, 3.8) is 0 Å². The van der Waals surface area contributed by atoms with Crippen molar-refractivity contribution < 1.29 is 4.79 Å². The van der Waals surface area contributed by atoms with Crippen molar-refractivity contribution in [1.82, 2.24) is 14.8 Å². The summed E-state index contributed by atoms with van der Waals surface area (Å²) in [6.45, 7) is 4.05. The minimum Gasteiger partial charge on any atom is -0.298 e. The minimum atomic E-state index is 0.171. The Hall–Kier alpha value is -1.44. The van der Waals surface area contributed by atoms with Crippen LogP contribution in [0.3, 0.4) is 0 Å². The number of nitrogens with zero attached hydrogens (tertiary/aromatic N) is 3. The van der Waals surface area contributed by atoms with Gasteiger partial charge in [0.05, 0.1) is 10.6 Å². The van der Waals surface area contributed by atoms with E-state index in [4.69, 9.17) is 0 Å². The van der Waals surface area contributed by atoms with Crippen LogP contribution in [0.4, 0.5) is 0 Å². The van der Waals surface area contributed by atoms with Crippen molar-refractivity contribution in [3.05, 3.63) is 38.9 Å². The number of ketones is 1. The third kappa shape index (κ3) is 3.08. The smallest absolute Gasteiger partial charge is 0.192 e. The van der Waals surface area contributed by atoms with E-state index in [9.17, 15) is 4.79 Å². The Balaban J connectivity index is 1.55. The standard InChI is InChI=1S/C17H17N3OS3/c1-10-8-13(11(2)24-10)14(21)9-23-17-19-18-16(15-4-3-7-22-15)20(17)12-5-6-12/h3-4,7-8,12H,5-6,9H2,1-2H3. The van der Waals surface area contributed by atoms with Crippen LogP contribution >= 0.6 is 34.4 Å². The van der Waals surface area contributed by atoms with Gasteiger partial charge in [0.25, 0.3) is 0 Å². The van der Waals surface area contributed by atoms with Crippen LogP contribution in [0.2, 0.25) is 0 Å². The molecule has 0 bridgehead atoms. The summed E-state index contributed by atoms with van der Waals surface area (Å²) < 4.78 is 2.22. The molecule has 3 aromatic heterocycles. The molecule has 1 aliphatic rings. The topological polar surface area (TPSA) is 47.8 Å². The fourth-order valence-electron chi connectivity index (χ4n) is 2.73. The lowest BCUT2D eigenvalue weighted by atomic mass is 10.2. The van der Waals surface area contributed by atoms with Gasteiger partial charge in [-0.25, -0.2) is 0 Å². The molecule has 1 fully saturated rings. The van der Waals surface area contributed by atoms with Gasteiger partial charge in [-0.1, -0.05) is 17.8 Å². The van der Waals surface area contributed by atoms with Crippen molar-refractivity contribution in [2.75, 3.05) is 5.75 Å². The van der Waals surface area contributed by atoms with Crippen LogP contribution in [0, 0.1) is 13.8 Å². The molecule has 0 saturated heterocycles. The fraction of sp³-hybridized carbons (Fsp3) is 0.353. The summed E-state index contributed by atoms with van der Waals surface area (Å²) in [4.78, 5) is 15.9. The number of carbonyl (C=O) groups is 1.